The molecule has 1 aromatic carbocycles. The van der Waals surface area contributed by atoms with Gasteiger partial charge < -0.3 is 14.2 Å². The van der Waals surface area contributed by atoms with Gasteiger partial charge in [-0.25, -0.2) is 4.98 Å². The van der Waals surface area contributed by atoms with Gasteiger partial charge >= 0.3 is 0 Å². The van der Waals surface area contributed by atoms with E-state index >= 15 is 0 Å². The summed E-state index contributed by atoms with van der Waals surface area (Å²) in [6.07, 6.45) is 4.85. The molecule has 1 aliphatic heterocycles. The number of aromatic nitrogens is 4. The molecule has 8 heteroatoms. The number of imidazole rings is 1. The Labute approximate surface area is 183 Å². The van der Waals surface area contributed by atoms with Crippen LogP contribution in [0.2, 0.25) is 0 Å². The molecule has 31 heavy (non-hydrogen) atoms. The fraction of sp³-hybridized carbons (Fsp3) is 0.435. The summed E-state index contributed by atoms with van der Waals surface area (Å²) in [5.74, 6) is 1.90. The van der Waals surface area contributed by atoms with Crippen LogP contribution < -0.4 is 4.74 Å². The topological polar surface area (TPSA) is 68.4 Å². The summed E-state index contributed by atoms with van der Waals surface area (Å²) < 4.78 is 9.33. The average molecular weight is 423 g/mol. The molecule has 8 nitrogen and oxygen atoms in total. The zero-order chi connectivity index (χ0) is 21.8. The van der Waals surface area contributed by atoms with Crippen LogP contribution in [0.25, 0.3) is 11.3 Å². The van der Waals surface area contributed by atoms with E-state index < -0.39 is 0 Å². The van der Waals surface area contributed by atoms with Gasteiger partial charge in [0.1, 0.15) is 17.3 Å². The van der Waals surface area contributed by atoms with Crippen LogP contribution in [0.4, 0.5) is 0 Å². The van der Waals surface area contributed by atoms with Crippen molar-refractivity contribution >= 4 is 5.91 Å². The molecule has 1 aliphatic rings. The molecule has 3 heterocycles. The number of para-hydroxylation sites is 1. The highest BCUT2D eigenvalue weighted by atomic mass is 16.5. The van der Waals surface area contributed by atoms with E-state index in [1.54, 1.807) is 11.8 Å². The Kier molecular flexibility index (Phi) is 6.36. The summed E-state index contributed by atoms with van der Waals surface area (Å²) in [6, 6.07) is 9.58. The van der Waals surface area contributed by atoms with Gasteiger partial charge in [-0.3, -0.25) is 14.4 Å². The Balaban J connectivity index is 1.37. The summed E-state index contributed by atoms with van der Waals surface area (Å²) in [7, 11) is 3.46. The maximum absolute atomic E-state index is 13.2. The first-order valence-electron chi connectivity index (χ1n) is 10.8. The summed E-state index contributed by atoms with van der Waals surface area (Å²) in [5, 5.41) is 4.56. The van der Waals surface area contributed by atoms with E-state index in [-0.39, 0.29) is 5.91 Å². The molecule has 1 saturated heterocycles. The third kappa shape index (κ3) is 4.49. The Morgan fingerprint density at radius 3 is 2.65 bits per heavy atom. The van der Waals surface area contributed by atoms with E-state index in [1.807, 2.05) is 54.7 Å². The molecule has 0 atom stereocenters. The summed E-state index contributed by atoms with van der Waals surface area (Å²) >= 11 is 0. The van der Waals surface area contributed by atoms with Gasteiger partial charge in [-0.1, -0.05) is 19.1 Å². The molecule has 1 amide bonds. The lowest BCUT2D eigenvalue weighted by atomic mass is 10.1. The zero-order valence-corrected chi connectivity index (χ0v) is 18.5. The van der Waals surface area contributed by atoms with Crippen LogP contribution in [0.3, 0.4) is 0 Å². The first-order valence-corrected chi connectivity index (χ1v) is 10.8. The third-order valence-corrected chi connectivity index (χ3v) is 5.92. The number of carbonyl (C=O) groups is 1. The second kappa shape index (κ2) is 9.34. The fourth-order valence-corrected chi connectivity index (χ4v) is 4.10. The van der Waals surface area contributed by atoms with E-state index in [9.17, 15) is 4.79 Å². The smallest absolute Gasteiger partial charge is 0.272 e. The minimum Gasteiger partial charge on any atom is -0.496 e. The van der Waals surface area contributed by atoms with E-state index in [0.717, 1.165) is 68.5 Å². The van der Waals surface area contributed by atoms with Gasteiger partial charge in [0.25, 0.3) is 5.91 Å². The maximum Gasteiger partial charge on any atom is 0.272 e. The largest absolute Gasteiger partial charge is 0.496 e. The third-order valence-electron chi connectivity index (χ3n) is 5.92. The Hall–Kier alpha value is -3.13. The van der Waals surface area contributed by atoms with Crippen molar-refractivity contribution in [1.29, 1.82) is 0 Å². The molecule has 0 unspecified atom stereocenters. The van der Waals surface area contributed by atoms with Crippen LogP contribution in [0.15, 0.2) is 42.7 Å². The quantitative estimate of drug-likeness (QED) is 0.585. The predicted molar refractivity (Wildman–Crippen MR) is 119 cm³/mol. The minimum absolute atomic E-state index is 0.0266. The molecule has 2 aromatic heterocycles. The molecular weight excluding hydrogens is 392 g/mol. The molecule has 0 spiro atoms. The molecule has 1 fully saturated rings. The first-order chi connectivity index (χ1) is 15.1. The van der Waals surface area contributed by atoms with Crippen molar-refractivity contribution in [2.75, 3.05) is 39.8 Å². The second-order valence-corrected chi connectivity index (χ2v) is 7.76. The highest BCUT2D eigenvalue weighted by molar-refractivity contribution is 5.94. The van der Waals surface area contributed by atoms with Crippen molar-refractivity contribution in [3.8, 4) is 17.0 Å². The van der Waals surface area contributed by atoms with Gasteiger partial charge in [0.15, 0.2) is 0 Å². The van der Waals surface area contributed by atoms with Crippen LogP contribution in [-0.2, 0) is 20.0 Å². The van der Waals surface area contributed by atoms with Crippen molar-refractivity contribution in [1.82, 2.24) is 29.1 Å². The number of nitrogens with zero attached hydrogens (tertiary/aromatic N) is 6. The number of ether oxygens (including phenoxy) is 1. The number of aryl methyl sites for hydroxylation is 2. The highest BCUT2D eigenvalue weighted by Gasteiger charge is 2.25. The Morgan fingerprint density at radius 1 is 1.13 bits per heavy atom. The number of rotatable bonds is 7. The zero-order valence-electron chi connectivity index (χ0n) is 18.5. The lowest BCUT2D eigenvalue weighted by Gasteiger charge is -2.34. The molecule has 0 radical (unpaired) electrons. The van der Waals surface area contributed by atoms with Gasteiger partial charge in [-0.15, -0.1) is 0 Å². The van der Waals surface area contributed by atoms with Crippen molar-refractivity contribution in [3.05, 3.63) is 54.2 Å². The molecule has 0 N–H and O–H groups in total. The molecule has 164 valence electrons. The monoisotopic (exact) mass is 422 g/mol. The van der Waals surface area contributed by atoms with Crippen molar-refractivity contribution in [3.63, 3.8) is 0 Å². The van der Waals surface area contributed by atoms with Crippen molar-refractivity contribution in [2.45, 2.75) is 19.9 Å². The SMILES string of the molecule is CCc1nccn1CCN1CCN(C(=O)c2cc(-c3ccccc3OC)nn2C)CC1. The number of hydrogen-bond donors (Lipinski definition) is 0. The van der Waals surface area contributed by atoms with E-state index in [1.165, 1.54) is 0 Å². The first kappa shape index (κ1) is 21.1. The fourth-order valence-electron chi connectivity index (χ4n) is 4.10. The molecule has 4 rings (SSSR count). The van der Waals surface area contributed by atoms with E-state index in [4.69, 9.17) is 4.74 Å². The number of benzene rings is 1. The normalized spacial score (nSPS) is 14.7. The number of piperazine rings is 1. The van der Waals surface area contributed by atoms with E-state index in [0.29, 0.717) is 5.69 Å². The molecular formula is C23H30N6O2. The highest BCUT2D eigenvalue weighted by Crippen LogP contribution is 2.29. The number of hydrogen-bond acceptors (Lipinski definition) is 5. The maximum atomic E-state index is 13.2. The number of methoxy groups -OCH3 is 1. The Bertz CT molecular complexity index is 1030. The molecule has 3 aromatic rings. The van der Waals surface area contributed by atoms with Crippen LogP contribution in [0, 0.1) is 0 Å². The van der Waals surface area contributed by atoms with Crippen molar-refractivity contribution in [2.24, 2.45) is 7.05 Å². The van der Waals surface area contributed by atoms with E-state index in [2.05, 4.69) is 26.5 Å². The molecule has 0 bridgehead atoms. The van der Waals surface area contributed by atoms with Crippen LogP contribution in [-0.4, -0.2) is 74.9 Å². The van der Waals surface area contributed by atoms with Gasteiger partial charge in [-0.05, 0) is 18.2 Å². The van der Waals surface area contributed by atoms with Crippen LogP contribution >= 0.6 is 0 Å². The van der Waals surface area contributed by atoms with Crippen LogP contribution in [0.5, 0.6) is 5.75 Å². The molecule has 0 aliphatic carbocycles. The Morgan fingerprint density at radius 2 is 1.90 bits per heavy atom. The minimum atomic E-state index is 0.0266. The van der Waals surface area contributed by atoms with Crippen LogP contribution in [0.1, 0.15) is 23.2 Å². The summed E-state index contributed by atoms with van der Waals surface area (Å²) in [4.78, 5) is 21.9. The van der Waals surface area contributed by atoms with Crippen molar-refractivity contribution < 1.29 is 9.53 Å². The van der Waals surface area contributed by atoms with Gasteiger partial charge in [-0.2, -0.15) is 5.10 Å². The molecule has 0 saturated carbocycles. The lowest BCUT2D eigenvalue weighted by molar-refractivity contribution is 0.0622. The van der Waals surface area contributed by atoms with Gasteiger partial charge in [0, 0.05) is 70.7 Å². The summed E-state index contributed by atoms with van der Waals surface area (Å²) in [6.45, 7) is 7.21. The van der Waals surface area contributed by atoms with Gasteiger partial charge in [0.05, 0.1) is 12.8 Å². The average Bonchev–Trinajstić information content (AvgIpc) is 3.43. The second-order valence-electron chi connectivity index (χ2n) is 7.76. The number of carbonyl (C=O) groups excluding carboxylic acids is 1. The predicted octanol–water partition coefficient (Wildman–Crippen LogP) is 2.31. The number of amides is 1. The lowest BCUT2D eigenvalue weighted by Crippen LogP contribution is -2.49. The standard InChI is InChI=1S/C23H30N6O2/c1-4-22-24-9-10-28(22)14-11-27-12-15-29(16-13-27)23(30)20-17-19(25-26(20)2)18-7-5-6-8-21(18)31-3/h5-10,17H,4,11-16H2,1-3H3. The van der Waals surface area contributed by atoms with Gasteiger partial charge in [0.2, 0.25) is 0 Å². The summed E-state index contributed by atoms with van der Waals surface area (Å²) in [5.41, 5.74) is 2.23.